The van der Waals surface area contributed by atoms with Crippen molar-refractivity contribution in [2.75, 3.05) is 12.4 Å². The fraction of sp³-hybridized carbons (Fsp3) is 0.143. The molecule has 0 saturated carbocycles. The number of aryl methyl sites for hydroxylation is 1. The summed E-state index contributed by atoms with van der Waals surface area (Å²) >= 11 is 0. The molecule has 5 nitrogen and oxygen atoms in total. The summed E-state index contributed by atoms with van der Waals surface area (Å²) in [7, 11) is -7.97. The molecule has 28 heavy (non-hydrogen) atoms. The molecule has 1 N–H and O–H groups in total. The number of aliphatic hydroxyl groups is 1. The van der Waals surface area contributed by atoms with Gasteiger partial charge >= 0.3 is 0 Å². The molecule has 0 saturated heterocycles. The molecule has 0 radical (unpaired) electrons. The largest absolute Gasteiger partial charge is 0.392 e. The molecule has 0 aliphatic heterocycles. The minimum Gasteiger partial charge on any atom is -0.392 e. The summed E-state index contributed by atoms with van der Waals surface area (Å²) < 4.78 is 51.6. The molecule has 0 aliphatic rings. The first-order valence-corrected chi connectivity index (χ1v) is 11.7. The van der Waals surface area contributed by atoms with Gasteiger partial charge in [0.25, 0.3) is 0 Å². The molecule has 0 aliphatic carbocycles. The van der Waals surface area contributed by atoms with Crippen molar-refractivity contribution in [1.82, 2.24) is 0 Å². The highest BCUT2D eigenvalue weighted by Crippen LogP contribution is 2.25. The Balaban J connectivity index is 2.01. The van der Waals surface area contributed by atoms with Crippen LogP contribution in [0.3, 0.4) is 0 Å². The van der Waals surface area contributed by atoms with E-state index in [9.17, 15) is 21.9 Å². The summed E-state index contributed by atoms with van der Waals surface area (Å²) in [5, 5.41) is 10.9. The van der Waals surface area contributed by atoms with Crippen LogP contribution in [0.4, 0.5) is 0 Å². The molecule has 146 valence electrons. The first-order valence-electron chi connectivity index (χ1n) is 8.57. The third-order valence-corrected chi connectivity index (χ3v) is 8.15. The zero-order valence-electron chi connectivity index (χ0n) is 15.2. The Morgan fingerprint density at radius 3 is 2.11 bits per heavy atom. The zero-order valence-corrected chi connectivity index (χ0v) is 16.9. The average Bonchev–Trinajstić information content (AvgIpc) is 2.67. The van der Waals surface area contributed by atoms with Crippen molar-refractivity contribution in [1.29, 1.82) is 0 Å². The van der Waals surface area contributed by atoms with Crippen LogP contribution >= 0.6 is 0 Å². The van der Waals surface area contributed by atoms with Gasteiger partial charge in [-0.15, -0.1) is 0 Å². The number of fused-ring (bicyclic) bond motifs is 1. The Bertz CT molecular complexity index is 1240. The monoisotopic (exact) mass is 416 g/mol. The average molecular weight is 417 g/mol. The molecule has 0 heterocycles. The summed E-state index contributed by atoms with van der Waals surface area (Å²) in [6.45, 7) is 1.25. The van der Waals surface area contributed by atoms with Crippen LogP contribution in [0.2, 0.25) is 0 Å². The molecule has 0 bridgehead atoms. The van der Waals surface area contributed by atoms with Gasteiger partial charge in [0.1, 0.15) is 0 Å². The van der Waals surface area contributed by atoms with Gasteiger partial charge in [0.2, 0.25) is 9.84 Å². The summed E-state index contributed by atoms with van der Waals surface area (Å²) in [6, 6.07) is 18.1. The molecule has 0 amide bonds. The highest BCUT2D eigenvalue weighted by atomic mass is 32.2. The number of sulfone groups is 2. The van der Waals surface area contributed by atoms with Crippen molar-refractivity contribution in [3.63, 3.8) is 0 Å². The zero-order chi connectivity index (χ0) is 20.4. The normalized spacial score (nSPS) is 13.0. The molecule has 0 fully saturated rings. The highest BCUT2D eigenvalue weighted by molar-refractivity contribution is 7.98. The first kappa shape index (κ1) is 20.3. The third kappa shape index (κ3) is 4.16. The Morgan fingerprint density at radius 1 is 0.857 bits per heavy atom. The number of benzene rings is 3. The number of rotatable bonds is 6. The van der Waals surface area contributed by atoms with E-state index in [4.69, 9.17) is 0 Å². The SMILES string of the molecule is Cc1ccc(S(=O)(=O)C(=CCO)CS(=O)(=O)c2ccc3ccccc3c2)cc1. The fourth-order valence-electron chi connectivity index (χ4n) is 2.85. The van der Waals surface area contributed by atoms with Gasteiger partial charge in [0.15, 0.2) is 9.84 Å². The maximum absolute atomic E-state index is 12.9. The number of hydrogen-bond donors (Lipinski definition) is 1. The van der Waals surface area contributed by atoms with E-state index in [0.29, 0.717) is 0 Å². The Morgan fingerprint density at radius 2 is 1.46 bits per heavy atom. The standard InChI is InChI=1S/C21H20O5S2/c1-16-6-9-19(10-7-16)28(25,26)21(12-13-22)15-27(23,24)20-11-8-17-4-2-3-5-18(17)14-20/h2-12,14,22H,13,15H2,1H3. The van der Waals surface area contributed by atoms with Crippen molar-refractivity contribution in [2.24, 2.45) is 0 Å². The van der Waals surface area contributed by atoms with Crippen molar-refractivity contribution in [3.8, 4) is 0 Å². The van der Waals surface area contributed by atoms with Gasteiger partial charge in [-0.05, 0) is 48.0 Å². The molecular formula is C21H20O5S2. The lowest BCUT2D eigenvalue weighted by atomic mass is 10.1. The van der Waals surface area contributed by atoms with E-state index in [1.54, 1.807) is 30.3 Å². The van der Waals surface area contributed by atoms with Crippen LogP contribution in [0, 0.1) is 6.92 Å². The van der Waals surface area contributed by atoms with E-state index in [0.717, 1.165) is 22.4 Å². The molecule has 0 unspecified atom stereocenters. The van der Waals surface area contributed by atoms with Crippen LogP contribution in [-0.4, -0.2) is 34.3 Å². The van der Waals surface area contributed by atoms with Crippen LogP contribution in [0.1, 0.15) is 5.56 Å². The first-order chi connectivity index (χ1) is 13.2. The molecule has 3 aromatic carbocycles. The molecule has 3 aromatic rings. The summed E-state index contributed by atoms with van der Waals surface area (Å²) in [5.41, 5.74) is 0.885. The van der Waals surface area contributed by atoms with E-state index in [1.165, 1.54) is 24.3 Å². The van der Waals surface area contributed by atoms with Gasteiger partial charge in [-0.2, -0.15) is 0 Å². The van der Waals surface area contributed by atoms with Crippen molar-refractivity contribution in [2.45, 2.75) is 16.7 Å². The summed E-state index contributed by atoms with van der Waals surface area (Å²) in [6.07, 6.45) is 1.04. The number of aliphatic hydroxyl groups excluding tert-OH is 1. The van der Waals surface area contributed by atoms with Gasteiger partial charge in [-0.25, -0.2) is 16.8 Å². The smallest absolute Gasteiger partial charge is 0.203 e. The lowest BCUT2D eigenvalue weighted by Crippen LogP contribution is -2.16. The predicted molar refractivity (Wildman–Crippen MR) is 110 cm³/mol. The van der Waals surface area contributed by atoms with Crippen LogP contribution in [0.25, 0.3) is 10.8 Å². The Kier molecular flexibility index (Phi) is 5.69. The highest BCUT2D eigenvalue weighted by Gasteiger charge is 2.27. The second-order valence-corrected chi connectivity index (χ2v) is 10.4. The predicted octanol–water partition coefficient (Wildman–Crippen LogP) is 3.27. The van der Waals surface area contributed by atoms with E-state index >= 15 is 0 Å². The topological polar surface area (TPSA) is 88.5 Å². The molecule has 7 heteroatoms. The maximum Gasteiger partial charge on any atom is 0.203 e. The van der Waals surface area contributed by atoms with Crippen LogP contribution in [0.5, 0.6) is 0 Å². The molecular weight excluding hydrogens is 396 g/mol. The second kappa shape index (κ2) is 7.87. The number of hydrogen-bond acceptors (Lipinski definition) is 5. The fourth-order valence-corrected chi connectivity index (χ4v) is 6.27. The van der Waals surface area contributed by atoms with Crippen LogP contribution < -0.4 is 0 Å². The van der Waals surface area contributed by atoms with Crippen molar-refractivity contribution >= 4 is 30.4 Å². The van der Waals surface area contributed by atoms with Gasteiger partial charge in [0.05, 0.1) is 27.1 Å². The Hall–Kier alpha value is -2.48. The molecule has 0 spiro atoms. The van der Waals surface area contributed by atoms with Crippen molar-refractivity contribution < 1.29 is 21.9 Å². The van der Waals surface area contributed by atoms with E-state index in [2.05, 4.69) is 0 Å². The lowest BCUT2D eigenvalue weighted by Gasteiger charge is -2.11. The van der Waals surface area contributed by atoms with E-state index in [-0.39, 0.29) is 14.7 Å². The molecule has 3 rings (SSSR count). The van der Waals surface area contributed by atoms with Gasteiger partial charge in [-0.3, -0.25) is 0 Å². The quantitative estimate of drug-likeness (QED) is 0.666. The maximum atomic E-state index is 12.9. The van der Waals surface area contributed by atoms with E-state index in [1.807, 2.05) is 19.1 Å². The summed E-state index contributed by atoms with van der Waals surface area (Å²) in [5.74, 6) is -0.720. The van der Waals surface area contributed by atoms with E-state index < -0.39 is 32.0 Å². The van der Waals surface area contributed by atoms with Gasteiger partial charge in [-0.1, -0.05) is 48.0 Å². The third-order valence-electron chi connectivity index (χ3n) is 4.41. The summed E-state index contributed by atoms with van der Waals surface area (Å²) in [4.78, 5) is -0.312. The molecule has 0 aromatic heterocycles. The second-order valence-electron chi connectivity index (χ2n) is 6.44. The van der Waals surface area contributed by atoms with Crippen LogP contribution in [-0.2, 0) is 19.7 Å². The Labute approximate surface area is 164 Å². The van der Waals surface area contributed by atoms with Crippen LogP contribution in [0.15, 0.2) is 87.5 Å². The van der Waals surface area contributed by atoms with Gasteiger partial charge in [0, 0.05) is 0 Å². The molecule has 0 atom stereocenters. The van der Waals surface area contributed by atoms with Crippen molar-refractivity contribution in [3.05, 3.63) is 83.3 Å². The lowest BCUT2D eigenvalue weighted by molar-refractivity contribution is 0.342. The minimum atomic E-state index is -4.04. The minimum absolute atomic E-state index is 0.00786. The van der Waals surface area contributed by atoms with Gasteiger partial charge < -0.3 is 5.11 Å².